The van der Waals surface area contributed by atoms with Gasteiger partial charge in [0.1, 0.15) is 11.5 Å². The summed E-state index contributed by atoms with van der Waals surface area (Å²) in [5.41, 5.74) is 0. The van der Waals surface area contributed by atoms with E-state index in [9.17, 15) is 9.59 Å². The third-order valence-corrected chi connectivity index (χ3v) is 7.39. The van der Waals surface area contributed by atoms with Crippen molar-refractivity contribution in [2.24, 2.45) is 5.92 Å². The van der Waals surface area contributed by atoms with E-state index in [0.29, 0.717) is 31.2 Å². The molecule has 34 heavy (non-hydrogen) atoms. The number of rotatable bonds is 11. The van der Waals surface area contributed by atoms with E-state index in [4.69, 9.17) is 4.42 Å². The maximum absolute atomic E-state index is 12.9. The Hall–Kier alpha value is -2.46. The van der Waals surface area contributed by atoms with Gasteiger partial charge in [0.25, 0.3) is 0 Å². The molecule has 0 bridgehead atoms. The Labute approximate surface area is 205 Å². The molecule has 2 aromatic heterocycles. The van der Waals surface area contributed by atoms with E-state index in [1.165, 1.54) is 11.3 Å². The SMILES string of the molecule is CCCN(CCC)Cc1ccc(CNC(=O)C2CCCN(c3nnc(N4CCCC4=O)s3)C2)o1. The van der Waals surface area contributed by atoms with E-state index in [-0.39, 0.29) is 17.7 Å². The molecule has 1 atom stereocenters. The van der Waals surface area contributed by atoms with Gasteiger partial charge in [0.15, 0.2) is 0 Å². The lowest BCUT2D eigenvalue weighted by Gasteiger charge is -2.31. The lowest BCUT2D eigenvalue weighted by atomic mass is 9.97. The number of nitrogens with one attached hydrogen (secondary N) is 1. The molecule has 10 heteroatoms. The van der Waals surface area contributed by atoms with Crippen LogP contribution < -0.4 is 15.1 Å². The van der Waals surface area contributed by atoms with Crippen LogP contribution in [0.15, 0.2) is 16.5 Å². The lowest BCUT2D eigenvalue weighted by Crippen LogP contribution is -2.42. The number of hydrogen-bond acceptors (Lipinski definition) is 8. The maximum atomic E-state index is 12.9. The third kappa shape index (κ3) is 6.15. The topological polar surface area (TPSA) is 94.8 Å². The zero-order valence-electron chi connectivity index (χ0n) is 20.3. The average Bonchev–Trinajstić information content (AvgIpc) is 3.59. The van der Waals surface area contributed by atoms with E-state index < -0.39 is 0 Å². The summed E-state index contributed by atoms with van der Waals surface area (Å²) in [6, 6.07) is 3.97. The van der Waals surface area contributed by atoms with Crippen LogP contribution in [-0.2, 0) is 22.7 Å². The molecule has 2 aliphatic rings. The molecule has 1 unspecified atom stereocenters. The quantitative estimate of drug-likeness (QED) is 0.518. The van der Waals surface area contributed by atoms with Crippen LogP contribution in [0.2, 0.25) is 0 Å². The van der Waals surface area contributed by atoms with Crippen LogP contribution in [0.25, 0.3) is 0 Å². The minimum absolute atomic E-state index is 0.0423. The normalized spacial score (nSPS) is 18.8. The summed E-state index contributed by atoms with van der Waals surface area (Å²) in [5.74, 6) is 1.78. The van der Waals surface area contributed by atoms with Crippen molar-refractivity contribution in [3.8, 4) is 0 Å². The second kappa shape index (κ2) is 11.8. The molecule has 186 valence electrons. The Morgan fingerprint density at radius 2 is 1.91 bits per heavy atom. The number of hydrogen-bond donors (Lipinski definition) is 1. The number of amides is 2. The van der Waals surface area contributed by atoms with Crippen molar-refractivity contribution in [3.63, 3.8) is 0 Å². The summed E-state index contributed by atoms with van der Waals surface area (Å²) in [6.45, 7) is 9.87. The van der Waals surface area contributed by atoms with E-state index in [0.717, 1.165) is 74.9 Å². The van der Waals surface area contributed by atoms with E-state index in [1.807, 2.05) is 12.1 Å². The minimum atomic E-state index is -0.103. The van der Waals surface area contributed by atoms with Gasteiger partial charge in [-0.3, -0.25) is 19.4 Å². The summed E-state index contributed by atoms with van der Waals surface area (Å²) in [5, 5.41) is 13.0. The Morgan fingerprint density at radius 1 is 1.15 bits per heavy atom. The van der Waals surface area contributed by atoms with Crippen molar-refractivity contribution >= 4 is 33.4 Å². The first kappa shape index (κ1) is 24.7. The molecule has 0 radical (unpaired) electrons. The summed E-state index contributed by atoms with van der Waals surface area (Å²) >= 11 is 1.44. The molecule has 2 amide bonds. The van der Waals surface area contributed by atoms with Crippen molar-refractivity contribution < 1.29 is 14.0 Å². The van der Waals surface area contributed by atoms with Gasteiger partial charge in [-0.05, 0) is 57.3 Å². The van der Waals surface area contributed by atoms with Crippen LogP contribution in [0, 0.1) is 5.92 Å². The third-order valence-electron chi connectivity index (χ3n) is 6.38. The van der Waals surface area contributed by atoms with Crippen LogP contribution in [-0.4, -0.2) is 59.6 Å². The van der Waals surface area contributed by atoms with Crippen LogP contribution in [0.5, 0.6) is 0 Å². The van der Waals surface area contributed by atoms with Gasteiger partial charge in [0, 0.05) is 26.1 Å². The second-order valence-corrected chi connectivity index (χ2v) is 10.1. The molecule has 0 aromatic carbocycles. The average molecular weight is 489 g/mol. The Bertz CT molecular complexity index is 954. The molecule has 9 nitrogen and oxygen atoms in total. The second-order valence-electron chi connectivity index (χ2n) is 9.16. The predicted octanol–water partition coefficient (Wildman–Crippen LogP) is 3.41. The highest BCUT2D eigenvalue weighted by Crippen LogP contribution is 2.32. The Morgan fingerprint density at radius 3 is 2.65 bits per heavy atom. The van der Waals surface area contributed by atoms with Crippen molar-refractivity contribution in [2.45, 2.75) is 65.5 Å². The van der Waals surface area contributed by atoms with Crippen molar-refractivity contribution in [2.75, 3.05) is 42.5 Å². The number of carbonyl (C=O) groups is 2. The summed E-state index contributed by atoms with van der Waals surface area (Å²) in [7, 11) is 0. The van der Waals surface area contributed by atoms with Crippen molar-refractivity contribution in [3.05, 3.63) is 23.7 Å². The number of carbonyl (C=O) groups excluding carboxylic acids is 2. The highest BCUT2D eigenvalue weighted by Gasteiger charge is 2.30. The molecule has 4 heterocycles. The largest absolute Gasteiger partial charge is 0.463 e. The molecule has 0 aliphatic carbocycles. The van der Waals surface area contributed by atoms with Crippen LogP contribution in [0.4, 0.5) is 10.3 Å². The van der Waals surface area contributed by atoms with Crippen LogP contribution in [0.3, 0.4) is 0 Å². The number of nitrogens with zero attached hydrogens (tertiary/aromatic N) is 5. The molecule has 0 saturated carbocycles. The standard InChI is InChI=1S/C24H36N6O3S/c1-3-11-28(12-4-2)17-20-10-9-19(33-20)15-25-22(32)18-7-5-13-29(16-18)23-26-27-24(34-23)30-14-6-8-21(30)31/h9-10,18H,3-8,11-17H2,1-2H3,(H,25,32). The molecular weight excluding hydrogens is 452 g/mol. The van der Waals surface area contributed by atoms with Crippen LogP contribution in [0.1, 0.15) is 63.9 Å². The maximum Gasteiger partial charge on any atom is 0.228 e. The molecule has 1 N–H and O–H groups in total. The zero-order valence-corrected chi connectivity index (χ0v) is 21.1. The molecule has 2 aliphatic heterocycles. The number of anilines is 2. The summed E-state index contributed by atoms with van der Waals surface area (Å²) in [4.78, 5) is 31.1. The molecule has 4 rings (SSSR count). The highest BCUT2D eigenvalue weighted by molar-refractivity contribution is 7.19. The first-order valence-corrected chi connectivity index (χ1v) is 13.4. The number of piperidine rings is 1. The predicted molar refractivity (Wildman–Crippen MR) is 133 cm³/mol. The fraction of sp³-hybridized carbons (Fsp3) is 0.667. The molecule has 2 aromatic rings. The first-order chi connectivity index (χ1) is 16.6. The van der Waals surface area contributed by atoms with Crippen LogP contribution >= 0.6 is 11.3 Å². The van der Waals surface area contributed by atoms with Crippen molar-refractivity contribution in [1.82, 2.24) is 20.4 Å². The lowest BCUT2D eigenvalue weighted by molar-refractivity contribution is -0.125. The summed E-state index contributed by atoms with van der Waals surface area (Å²) in [6.07, 6.45) is 5.46. The van der Waals surface area contributed by atoms with E-state index in [2.05, 4.69) is 39.2 Å². The Balaban J connectivity index is 1.27. The summed E-state index contributed by atoms with van der Waals surface area (Å²) < 4.78 is 5.98. The highest BCUT2D eigenvalue weighted by atomic mass is 32.1. The Kier molecular flexibility index (Phi) is 8.55. The van der Waals surface area contributed by atoms with Gasteiger partial charge in [-0.2, -0.15) is 0 Å². The molecule has 0 spiro atoms. The van der Waals surface area contributed by atoms with Gasteiger partial charge in [-0.25, -0.2) is 0 Å². The van der Waals surface area contributed by atoms with Gasteiger partial charge in [-0.15, -0.1) is 10.2 Å². The molecule has 2 saturated heterocycles. The molecular formula is C24H36N6O3S. The van der Waals surface area contributed by atoms with Gasteiger partial charge in [-0.1, -0.05) is 25.2 Å². The van der Waals surface area contributed by atoms with Gasteiger partial charge in [0.05, 0.1) is 19.0 Å². The fourth-order valence-corrected chi connectivity index (χ4v) is 5.63. The smallest absolute Gasteiger partial charge is 0.228 e. The van der Waals surface area contributed by atoms with E-state index in [1.54, 1.807) is 4.90 Å². The van der Waals surface area contributed by atoms with Gasteiger partial charge >= 0.3 is 0 Å². The van der Waals surface area contributed by atoms with E-state index >= 15 is 0 Å². The first-order valence-electron chi connectivity index (χ1n) is 12.5. The molecule has 2 fully saturated rings. The minimum Gasteiger partial charge on any atom is -0.463 e. The number of aromatic nitrogens is 2. The zero-order chi connectivity index (χ0) is 23.9. The van der Waals surface area contributed by atoms with Gasteiger partial charge < -0.3 is 14.6 Å². The number of furan rings is 1. The van der Waals surface area contributed by atoms with Gasteiger partial charge in [0.2, 0.25) is 22.1 Å². The fourth-order valence-electron chi connectivity index (χ4n) is 4.70. The monoisotopic (exact) mass is 488 g/mol. The van der Waals surface area contributed by atoms with Crippen molar-refractivity contribution in [1.29, 1.82) is 0 Å².